The zero-order valence-corrected chi connectivity index (χ0v) is 19.8. The van der Waals surface area contributed by atoms with Gasteiger partial charge in [-0.2, -0.15) is 0 Å². The monoisotopic (exact) mass is 481 g/mol. The third kappa shape index (κ3) is 4.98. The Balaban J connectivity index is 1.36. The first-order chi connectivity index (χ1) is 17.6. The Morgan fingerprint density at radius 2 is 1.81 bits per heavy atom. The largest absolute Gasteiger partial charge is 0.439 e. The number of pyridine rings is 1. The highest BCUT2D eigenvalue weighted by molar-refractivity contribution is 6.04. The molecule has 0 radical (unpaired) electrons. The van der Waals surface area contributed by atoms with Gasteiger partial charge in [0.2, 0.25) is 17.7 Å². The predicted octanol–water partition coefficient (Wildman–Crippen LogP) is 5.22. The summed E-state index contributed by atoms with van der Waals surface area (Å²) >= 11 is 0. The smallest absolute Gasteiger partial charge is 0.259 e. The van der Waals surface area contributed by atoms with Gasteiger partial charge in [0, 0.05) is 31.4 Å². The summed E-state index contributed by atoms with van der Waals surface area (Å²) in [5.41, 5.74) is 2.16. The van der Waals surface area contributed by atoms with Crippen molar-refractivity contribution in [3.05, 3.63) is 91.1 Å². The molecule has 1 aliphatic rings. The Kier molecular flexibility index (Phi) is 6.75. The molecule has 0 spiro atoms. The molecule has 8 nitrogen and oxygen atoms in total. The van der Waals surface area contributed by atoms with Gasteiger partial charge in [-0.1, -0.05) is 36.9 Å². The number of nitrogens with zero attached hydrogens (tertiary/aromatic N) is 4. The quantitative estimate of drug-likeness (QED) is 0.382. The van der Waals surface area contributed by atoms with E-state index in [9.17, 15) is 9.59 Å². The minimum atomic E-state index is -0.303. The molecule has 1 fully saturated rings. The van der Waals surface area contributed by atoms with E-state index in [1.165, 1.54) is 12.3 Å². The molecule has 0 bridgehead atoms. The maximum absolute atomic E-state index is 13.1. The minimum Gasteiger partial charge on any atom is -0.439 e. The van der Waals surface area contributed by atoms with Crippen LogP contribution in [0.1, 0.15) is 35.7 Å². The topological polar surface area (TPSA) is 89.4 Å². The number of anilines is 1. The fourth-order valence-corrected chi connectivity index (χ4v) is 4.55. The molecule has 3 heterocycles. The van der Waals surface area contributed by atoms with Crippen LogP contribution in [0.4, 0.5) is 5.95 Å². The minimum absolute atomic E-state index is 0.0492. The fourth-order valence-electron chi connectivity index (χ4n) is 4.55. The summed E-state index contributed by atoms with van der Waals surface area (Å²) < 4.78 is 7.81. The van der Waals surface area contributed by atoms with E-state index in [0.29, 0.717) is 36.2 Å². The van der Waals surface area contributed by atoms with Crippen LogP contribution in [0, 0.1) is 0 Å². The number of amides is 2. The molecule has 1 N–H and O–H groups in total. The number of carbonyl (C=O) groups excluding carboxylic acids is 2. The molecule has 182 valence electrons. The van der Waals surface area contributed by atoms with E-state index in [-0.39, 0.29) is 17.9 Å². The summed E-state index contributed by atoms with van der Waals surface area (Å²) in [6.45, 7) is 4.93. The fraction of sp³-hybridized carbons (Fsp3) is 0.214. The number of carbonyl (C=O) groups is 2. The van der Waals surface area contributed by atoms with Crippen LogP contribution in [0.3, 0.4) is 0 Å². The van der Waals surface area contributed by atoms with Crippen molar-refractivity contribution in [2.24, 2.45) is 0 Å². The molecular weight excluding hydrogens is 454 g/mol. The van der Waals surface area contributed by atoms with Crippen LogP contribution in [0.2, 0.25) is 0 Å². The van der Waals surface area contributed by atoms with Crippen molar-refractivity contribution in [2.75, 3.05) is 18.4 Å². The van der Waals surface area contributed by atoms with E-state index in [1.807, 2.05) is 59.5 Å². The number of rotatable bonds is 6. The molecule has 1 saturated heterocycles. The normalized spacial score (nSPS) is 15.8. The standard InChI is InChI=1S/C28H27N5O3/c1-2-26(34)32-17-8-9-21(16-18-32)33-24-13-7-6-12-23(24)30-28(33)31-27(35)20-14-15-25(29-19-20)36-22-10-4-3-5-11-22/h2-7,10-15,19,21H,1,8-9,16-18H2,(H,30,31,35)/t21-/m1/s1. The SMILES string of the molecule is C=CC(=O)N1CCC[C@@H](n2c(NC(=O)c3ccc(Oc4ccccc4)nc3)nc3ccccc32)CC1. The highest BCUT2D eigenvalue weighted by Gasteiger charge is 2.25. The number of imidazole rings is 1. The van der Waals surface area contributed by atoms with Gasteiger partial charge in [-0.3, -0.25) is 14.9 Å². The zero-order chi connectivity index (χ0) is 24.9. The van der Waals surface area contributed by atoms with Crippen LogP contribution in [0.15, 0.2) is 85.6 Å². The molecule has 2 amide bonds. The molecule has 36 heavy (non-hydrogen) atoms. The second kappa shape index (κ2) is 10.4. The van der Waals surface area contributed by atoms with E-state index >= 15 is 0 Å². The lowest BCUT2D eigenvalue weighted by Crippen LogP contribution is -2.30. The van der Waals surface area contributed by atoms with Gasteiger partial charge in [-0.25, -0.2) is 9.97 Å². The van der Waals surface area contributed by atoms with Crippen molar-refractivity contribution < 1.29 is 14.3 Å². The van der Waals surface area contributed by atoms with Crippen molar-refractivity contribution in [1.29, 1.82) is 0 Å². The zero-order valence-electron chi connectivity index (χ0n) is 19.8. The van der Waals surface area contributed by atoms with E-state index < -0.39 is 0 Å². The number of likely N-dealkylation sites (tertiary alicyclic amines) is 1. The third-order valence-electron chi connectivity index (χ3n) is 6.33. The average molecular weight is 482 g/mol. The Morgan fingerprint density at radius 3 is 2.58 bits per heavy atom. The Bertz CT molecular complexity index is 1380. The summed E-state index contributed by atoms with van der Waals surface area (Å²) in [4.78, 5) is 36.1. The number of nitrogens with one attached hydrogen (secondary N) is 1. The van der Waals surface area contributed by atoms with Gasteiger partial charge in [-0.05, 0) is 55.7 Å². The maximum Gasteiger partial charge on any atom is 0.259 e. The highest BCUT2D eigenvalue weighted by Crippen LogP contribution is 2.31. The second-order valence-corrected chi connectivity index (χ2v) is 8.66. The van der Waals surface area contributed by atoms with Gasteiger partial charge in [0.15, 0.2) is 0 Å². The lowest BCUT2D eigenvalue weighted by Gasteiger charge is -2.21. The summed E-state index contributed by atoms with van der Waals surface area (Å²) in [5.74, 6) is 1.21. The summed E-state index contributed by atoms with van der Waals surface area (Å²) in [6, 6.07) is 20.6. The molecule has 2 aromatic carbocycles. The average Bonchev–Trinajstić information content (AvgIpc) is 3.09. The first-order valence-corrected chi connectivity index (χ1v) is 12.0. The predicted molar refractivity (Wildman–Crippen MR) is 138 cm³/mol. The first-order valence-electron chi connectivity index (χ1n) is 12.0. The Morgan fingerprint density at radius 1 is 1.00 bits per heavy atom. The Labute approximate surface area is 209 Å². The number of fused-ring (bicyclic) bond motifs is 1. The summed E-state index contributed by atoms with van der Waals surface area (Å²) in [7, 11) is 0. The molecule has 1 atom stereocenters. The summed E-state index contributed by atoms with van der Waals surface area (Å²) in [5, 5.41) is 2.98. The number of hydrogen-bond acceptors (Lipinski definition) is 5. The van der Waals surface area contributed by atoms with Crippen molar-refractivity contribution in [1.82, 2.24) is 19.4 Å². The van der Waals surface area contributed by atoms with Gasteiger partial charge in [0.05, 0.1) is 16.6 Å². The molecule has 0 aliphatic carbocycles. The molecule has 0 saturated carbocycles. The number of para-hydroxylation sites is 3. The Hall–Kier alpha value is -4.46. The molecule has 1 aliphatic heterocycles. The van der Waals surface area contributed by atoms with Crippen molar-refractivity contribution >= 4 is 28.8 Å². The number of ether oxygens (including phenoxy) is 1. The molecule has 5 rings (SSSR count). The van der Waals surface area contributed by atoms with E-state index in [2.05, 4.69) is 21.4 Å². The van der Waals surface area contributed by atoms with Gasteiger partial charge >= 0.3 is 0 Å². The van der Waals surface area contributed by atoms with E-state index in [0.717, 1.165) is 30.3 Å². The number of benzene rings is 2. The molecule has 0 unspecified atom stereocenters. The van der Waals surface area contributed by atoms with E-state index in [1.54, 1.807) is 12.1 Å². The van der Waals surface area contributed by atoms with Crippen LogP contribution >= 0.6 is 0 Å². The van der Waals surface area contributed by atoms with Crippen molar-refractivity contribution in [3.8, 4) is 11.6 Å². The van der Waals surface area contributed by atoms with Gasteiger partial charge in [-0.15, -0.1) is 0 Å². The van der Waals surface area contributed by atoms with E-state index in [4.69, 9.17) is 9.72 Å². The molecule has 4 aromatic rings. The first kappa shape index (κ1) is 23.3. The van der Waals surface area contributed by atoms with Crippen molar-refractivity contribution in [2.45, 2.75) is 25.3 Å². The van der Waals surface area contributed by atoms with Gasteiger partial charge in [0.25, 0.3) is 5.91 Å². The van der Waals surface area contributed by atoms with Crippen LogP contribution in [0.25, 0.3) is 11.0 Å². The molecule has 2 aromatic heterocycles. The number of aromatic nitrogens is 3. The van der Waals surface area contributed by atoms with Crippen LogP contribution < -0.4 is 10.1 Å². The molecular formula is C28H27N5O3. The lowest BCUT2D eigenvalue weighted by atomic mass is 10.1. The summed E-state index contributed by atoms with van der Waals surface area (Å²) in [6.07, 6.45) is 5.35. The van der Waals surface area contributed by atoms with Crippen LogP contribution in [-0.2, 0) is 4.79 Å². The van der Waals surface area contributed by atoms with Crippen LogP contribution in [-0.4, -0.2) is 44.3 Å². The maximum atomic E-state index is 13.1. The number of hydrogen-bond donors (Lipinski definition) is 1. The molecule has 8 heteroatoms. The lowest BCUT2D eigenvalue weighted by molar-refractivity contribution is -0.125. The third-order valence-corrected chi connectivity index (χ3v) is 6.33. The van der Waals surface area contributed by atoms with Gasteiger partial charge in [0.1, 0.15) is 5.75 Å². The van der Waals surface area contributed by atoms with Crippen LogP contribution in [0.5, 0.6) is 11.6 Å². The van der Waals surface area contributed by atoms with Crippen molar-refractivity contribution in [3.63, 3.8) is 0 Å². The van der Waals surface area contributed by atoms with Gasteiger partial charge < -0.3 is 14.2 Å². The highest BCUT2D eigenvalue weighted by atomic mass is 16.5. The second-order valence-electron chi connectivity index (χ2n) is 8.66.